The summed E-state index contributed by atoms with van der Waals surface area (Å²) in [6, 6.07) is 3.82. The first kappa shape index (κ1) is 18.6. The third-order valence-electron chi connectivity index (χ3n) is 4.03. The average Bonchev–Trinajstić information content (AvgIpc) is 3.34. The Labute approximate surface area is 158 Å². The van der Waals surface area contributed by atoms with Gasteiger partial charge in [-0.1, -0.05) is 6.07 Å². The van der Waals surface area contributed by atoms with Crippen LogP contribution >= 0.6 is 22.7 Å². The molecule has 1 aliphatic rings. The molecule has 8 heteroatoms. The van der Waals surface area contributed by atoms with Crippen molar-refractivity contribution >= 4 is 46.7 Å². The summed E-state index contributed by atoms with van der Waals surface area (Å²) in [5, 5.41) is 1.93. The van der Waals surface area contributed by atoms with Gasteiger partial charge in [0.1, 0.15) is 11.2 Å². The highest BCUT2D eigenvalue weighted by atomic mass is 32.1. The van der Waals surface area contributed by atoms with Gasteiger partial charge >= 0.3 is 5.97 Å². The third kappa shape index (κ3) is 4.31. The molecule has 0 radical (unpaired) electrons. The van der Waals surface area contributed by atoms with Crippen molar-refractivity contribution in [3.05, 3.63) is 41.9 Å². The Bertz CT molecular complexity index is 950. The van der Waals surface area contributed by atoms with E-state index in [0.29, 0.717) is 9.20 Å². The molecule has 138 valence electrons. The van der Waals surface area contributed by atoms with E-state index in [2.05, 4.69) is 0 Å². The summed E-state index contributed by atoms with van der Waals surface area (Å²) in [4.78, 5) is 39.9. The first-order valence-corrected chi connectivity index (χ1v) is 10.2. The number of carbonyl (C=O) groups excluding carboxylic acids is 2. The topological polar surface area (TPSA) is 68.6 Å². The molecule has 2 aromatic rings. The lowest BCUT2D eigenvalue weighted by Gasteiger charge is -2.15. The molecule has 0 atom stereocenters. The highest BCUT2D eigenvalue weighted by Gasteiger charge is 2.19. The van der Waals surface area contributed by atoms with Crippen LogP contribution in [0.5, 0.6) is 0 Å². The van der Waals surface area contributed by atoms with Crippen molar-refractivity contribution in [2.24, 2.45) is 0 Å². The monoisotopic (exact) mass is 392 g/mol. The number of hydrogen-bond acceptors (Lipinski definition) is 6. The van der Waals surface area contributed by atoms with E-state index in [1.54, 1.807) is 17.9 Å². The first-order valence-electron chi connectivity index (χ1n) is 8.49. The van der Waals surface area contributed by atoms with Crippen molar-refractivity contribution in [2.45, 2.75) is 26.3 Å². The van der Waals surface area contributed by atoms with Crippen LogP contribution in [-0.4, -0.2) is 41.0 Å². The van der Waals surface area contributed by atoms with Crippen molar-refractivity contribution in [3.63, 3.8) is 0 Å². The fourth-order valence-corrected chi connectivity index (χ4v) is 4.54. The normalized spacial score (nSPS) is 15.7. The maximum atomic E-state index is 12.8. The van der Waals surface area contributed by atoms with E-state index >= 15 is 0 Å². The smallest absolute Gasteiger partial charge is 0.333 e. The highest BCUT2D eigenvalue weighted by molar-refractivity contribution is 7.11. The third-order valence-corrected chi connectivity index (χ3v) is 5.91. The Morgan fingerprint density at radius 1 is 1.31 bits per heavy atom. The number of esters is 1. The zero-order chi connectivity index (χ0) is 18.5. The number of likely N-dealkylation sites (tertiary alicyclic amines) is 1. The number of carbonyl (C=O) groups is 2. The van der Waals surface area contributed by atoms with Gasteiger partial charge in [-0.05, 0) is 37.3 Å². The lowest BCUT2D eigenvalue weighted by Crippen LogP contribution is -2.39. The van der Waals surface area contributed by atoms with Gasteiger partial charge in [0.2, 0.25) is 5.91 Å². The summed E-state index contributed by atoms with van der Waals surface area (Å²) < 4.78 is 7.26. The highest BCUT2D eigenvalue weighted by Crippen LogP contribution is 2.09. The van der Waals surface area contributed by atoms with Gasteiger partial charge in [0, 0.05) is 18.0 Å². The van der Waals surface area contributed by atoms with Crippen LogP contribution in [0.2, 0.25) is 0 Å². The van der Waals surface area contributed by atoms with Crippen molar-refractivity contribution in [1.29, 1.82) is 0 Å². The molecule has 0 spiro atoms. The molecule has 1 aliphatic heterocycles. The summed E-state index contributed by atoms with van der Waals surface area (Å²) in [5.74, 6) is -0.609. The van der Waals surface area contributed by atoms with Gasteiger partial charge in [0.05, 0.1) is 17.2 Å². The largest absolute Gasteiger partial charge is 0.463 e. The second-order valence-electron chi connectivity index (χ2n) is 5.84. The summed E-state index contributed by atoms with van der Waals surface area (Å²) in [6.07, 6.45) is 5.06. The predicted molar refractivity (Wildman–Crippen MR) is 103 cm³/mol. The van der Waals surface area contributed by atoms with Crippen LogP contribution in [0.25, 0.3) is 12.2 Å². The predicted octanol–water partition coefficient (Wildman–Crippen LogP) is 0.766. The van der Waals surface area contributed by atoms with Crippen molar-refractivity contribution in [2.75, 3.05) is 19.7 Å². The minimum atomic E-state index is -0.515. The Morgan fingerprint density at radius 3 is 2.73 bits per heavy atom. The molecule has 0 aromatic carbocycles. The molecular formula is C18H20N2O4S2. The van der Waals surface area contributed by atoms with Gasteiger partial charge in [0.25, 0.3) is 5.56 Å². The molecule has 0 saturated carbocycles. The summed E-state index contributed by atoms with van der Waals surface area (Å²) in [6.45, 7) is 3.37. The number of ether oxygens (including phenoxy) is 1. The van der Waals surface area contributed by atoms with Crippen molar-refractivity contribution in [3.8, 4) is 0 Å². The zero-order valence-corrected chi connectivity index (χ0v) is 16.1. The Morgan fingerprint density at radius 2 is 2.08 bits per heavy atom. The first-order chi connectivity index (χ1) is 12.6. The Hall–Kier alpha value is -2.19. The van der Waals surface area contributed by atoms with Gasteiger partial charge in [0.15, 0.2) is 0 Å². The molecule has 1 fully saturated rings. The summed E-state index contributed by atoms with van der Waals surface area (Å²) >= 11 is 2.72. The van der Waals surface area contributed by atoms with E-state index in [9.17, 15) is 14.4 Å². The fraction of sp³-hybridized carbons (Fsp3) is 0.389. The molecule has 1 amide bonds. The van der Waals surface area contributed by atoms with Crippen molar-refractivity contribution < 1.29 is 14.3 Å². The molecule has 3 rings (SSSR count). The van der Waals surface area contributed by atoms with Crippen LogP contribution in [0.15, 0.2) is 22.3 Å². The van der Waals surface area contributed by atoms with Gasteiger partial charge in [-0.15, -0.1) is 22.7 Å². The maximum Gasteiger partial charge on any atom is 0.333 e. The number of hydrogen-bond donors (Lipinski definition) is 0. The molecule has 2 aromatic heterocycles. The number of thiazole rings is 1. The molecule has 0 bridgehead atoms. The quantitative estimate of drug-likeness (QED) is 0.705. The summed E-state index contributed by atoms with van der Waals surface area (Å²) in [7, 11) is 0. The average molecular weight is 393 g/mol. The summed E-state index contributed by atoms with van der Waals surface area (Å²) in [5.41, 5.74) is -0.258. The standard InChI is InChI=1S/C18H20N2O4S2/c1-2-24-17(22)11-16-20(12-15(21)19-7-3-4-8-19)18(23)14(26-16)10-13-6-5-9-25-13/h5-6,9-11H,2-4,7-8,12H2,1H3/b14-10-,16-11-. The van der Waals surface area contributed by atoms with Gasteiger partial charge in [-0.3, -0.25) is 14.2 Å². The number of nitrogens with zero attached hydrogens (tertiary/aromatic N) is 2. The SMILES string of the molecule is CCOC(=O)/C=c1\s/c(=C\c2cccs2)c(=O)n1CC(=O)N1CCCC1. The van der Waals surface area contributed by atoms with E-state index in [4.69, 9.17) is 4.74 Å². The molecular weight excluding hydrogens is 372 g/mol. The van der Waals surface area contributed by atoms with E-state index in [1.165, 1.54) is 33.3 Å². The van der Waals surface area contributed by atoms with Crippen LogP contribution in [0.4, 0.5) is 0 Å². The Kier molecular flexibility index (Phi) is 6.05. The molecule has 26 heavy (non-hydrogen) atoms. The van der Waals surface area contributed by atoms with E-state index in [1.807, 2.05) is 17.5 Å². The van der Waals surface area contributed by atoms with E-state index in [-0.39, 0.29) is 24.6 Å². The minimum Gasteiger partial charge on any atom is -0.463 e. The van der Waals surface area contributed by atoms with Crippen molar-refractivity contribution in [1.82, 2.24) is 9.47 Å². The minimum absolute atomic E-state index is 0.0567. The molecule has 0 aliphatic carbocycles. The van der Waals surface area contributed by atoms with Crippen LogP contribution in [-0.2, 0) is 20.9 Å². The number of amides is 1. The van der Waals surface area contributed by atoms with Gasteiger partial charge in [-0.25, -0.2) is 4.79 Å². The number of aromatic nitrogens is 1. The van der Waals surface area contributed by atoms with Gasteiger partial charge in [-0.2, -0.15) is 0 Å². The maximum absolute atomic E-state index is 12.8. The number of rotatable bonds is 5. The second-order valence-corrected chi connectivity index (χ2v) is 7.88. The Balaban J connectivity index is 2.02. The molecule has 0 N–H and O–H groups in total. The van der Waals surface area contributed by atoms with Crippen LogP contribution in [0.1, 0.15) is 24.6 Å². The van der Waals surface area contributed by atoms with Crippen LogP contribution < -0.4 is 14.8 Å². The lowest BCUT2D eigenvalue weighted by atomic mass is 10.4. The lowest BCUT2D eigenvalue weighted by molar-refractivity contribution is -0.135. The molecule has 0 unspecified atom stereocenters. The molecule has 3 heterocycles. The van der Waals surface area contributed by atoms with E-state index in [0.717, 1.165) is 30.8 Å². The molecule has 6 nitrogen and oxygen atoms in total. The van der Waals surface area contributed by atoms with Crippen LogP contribution in [0.3, 0.4) is 0 Å². The van der Waals surface area contributed by atoms with Crippen LogP contribution in [0, 0.1) is 0 Å². The number of thiophene rings is 1. The second kappa shape index (κ2) is 8.46. The van der Waals surface area contributed by atoms with Gasteiger partial charge < -0.3 is 9.64 Å². The molecule has 1 saturated heterocycles. The zero-order valence-electron chi connectivity index (χ0n) is 14.5. The van der Waals surface area contributed by atoms with E-state index < -0.39 is 5.97 Å². The fourth-order valence-electron chi connectivity index (χ4n) is 2.78.